The van der Waals surface area contributed by atoms with Gasteiger partial charge in [-0.2, -0.15) is 5.26 Å². The van der Waals surface area contributed by atoms with Crippen molar-refractivity contribution in [3.05, 3.63) is 59.7 Å². The molecule has 1 aliphatic heterocycles. The fraction of sp³-hybridized carbons (Fsp3) is 0.381. The molecule has 4 heteroatoms. The molecule has 3 unspecified atom stereocenters. The Morgan fingerprint density at radius 2 is 1.88 bits per heavy atom. The molecular weight excluding hydrogens is 312 g/mol. The minimum absolute atomic E-state index is 0.351. The first-order valence-electron chi connectivity index (χ1n) is 8.69. The summed E-state index contributed by atoms with van der Waals surface area (Å²) < 4.78 is 11.3. The van der Waals surface area contributed by atoms with Crippen LogP contribution in [0.15, 0.2) is 48.5 Å². The van der Waals surface area contributed by atoms with Crippen LogP contribution in [0.2, 0.25) is 0 Å². The number of nitriles is 1. The largest absolute Gasteiger partial charge is 0.497 e. The number of ether oxygens (including phenoxy) is 2. The van der Waals surface area contributed by atoms with Gasteiger partial charge in [0.05, 0.1) is 19.3 Å². The molecule has 130 valence electrons. The van der Waals surface area contributed by atoms with E-state index in [1.807, 2.05) is 30.3 Å². The van der Waals surface area contributed by atoms with E-state index < -0.39 is 0 Å². The van der Waals surface area contributed by atoms with E-state index >= 15 is 0 Å². The molecule has 0 radical (unpaired) electrons. The van der Waals surface area contributed by atoms with Crippen LogP contribution in [-0.4, -0.2) is 26.8 Å². The lowest BCUT2D eigenvalue weighted by Gasteiger charge is -2.37. The molecule has 3 rings (SSSR count). The second-order valence-electron chi connectivity index (χ2n) is 6.61. The van der Waals surface area contributed by atoms with Crippen LogP contribution in [0, 0.1) is 23.2 Å². The highest BCUT2D eigenvalue weighted by atomic mass is 16.5. The fourth-order valence-corrected chi connectivity index (χ4v) is 3.69. The number of nitrogens with zero attached hydrogens (tertiary/aromatic N) is 1. The van der Waals surface area contributed by atoms with E-state index in [4.69, 9.17) is 9.47 Å². The van der Waals surface area contributed by atoms with Gasteiger partial charge in [0.1, 0.15) is 17.6 Å². The summed E-state index contributed by atoms with van der Waals surface area (Å²) in [7, 11) is 1.69. The first kappa shape index (κ1) is 17.3. The Morgan fingerprint density at radius 3 is 2.60 bits per heavy atom. The molecule has 0 bridgehead atoms. The summed E-state index contributed by atoms with van der Waals surface area (Å²) in [6, 6.07) is 18.0. The van der Waals surface area contributed by atoms with E-state index in [1.54, 1.807) is 13.2 Å². The molecular formula is C21H24N2O2. The van der Waals surface area contributed by atoms with Crippen LogP contribution in [0.1, 0.15) is 24.0 Å². The zero-order valence-corrected chi connectivity index (χ0v) is 14.7. The lowest BCUT2D eigenvalue weighted by atomic mass is 9.75. The lowest BCUT2D eigenvalue weighted by Crippen LogP contribution is -2.43. The predicted molar refractivity (Wildman–Crippen MR) is 97.9 cm³/mol. The van der Waals surface area contributed by atoms with Crippen molar-refractivity contribution in [3.63, 3.8) is 0 Å². The zero-order valence-electron chi connectivity index (χ0n) is 14.7. The average molecular weight is 336 g/mol. The third-order valence-electron chi connectivity index (χ3n) is 4.95. The summed E-state index contributed by atoms with van der Waals surface area (Å²) in [5.74, 6) is 2.82. The monoisotopic (exact) mass is 336 g/mol. The summed E-state index contributed by atoms with van der Waals surface area (Å²) in [6.45, 7) is 4.78. The Bertz CT molecular complexity index is 736. The van der Waals surface area contributed by atoms with Crippen molar-refractivity contribution in [1.82, 2.24) is 5.32 Å². The van der Waals surface area contributed by atoms with Gasteiger partial charge in [-0.1, -0.05) is 31.2 Å². The minimum atomic E-state index is 0.351. The van der Waals surface area contributed by atoms with Crippen LogP contribution in [0.3, 0.4) is 0 Å². The van der Waals surface area contributed by atoms with Gasteiger partial charge in [0.2, 0.25) is 0 Å². The van der Waals surface area contributed by atoms with Gasteiger partial charge < -0.3 is 14.8 Å². The van der Waals surface area contributed by atoms with Gasteiger partial charge in [0.25, 0.3) is 0 Å². The van der Waals surface area contributed by atoms with Gasteiger partial charge in [-0.25, -0.2) is 0 Å². The summed E-state index contributed by atoms with van der Waals surface area (Å²) in [6.07, 6.45) is 0. The SMILES string of the molecule is COc1ccc(C2C(C)CNCC2COc2ccccc2C#N)cc1. The number of benzene rings is 2. The van der Waals surface area contributed by atoms with Crippen molar-refractivity contribution in [2.75, 3.05) is 26.8 Å². The molecule has 0 spiro atoms. The molecule has 25 heavy (non-hydrogen) atoms. The molecule has 1 fully saturated rings. The average Bonchev–Trinajstić information content (AvgIpc) is 2.67. The van der Waals surface area contributed by atoms with Gasteiger partial charge in [-0.15, -0.1) is 0 Å². The van der Waals surface area contributed by atoms with Crippen LogP contribution in [-0.2, 0) is 0 Å². The molecule has 2 aromatic carbocycles. The summed E-state index contributed by atoms with van der Waals surface area (Å²) in [4.78, 5) is 0. The fourth-order valence-electron chi connectivity index (χ4n) is 3.69. The highest BCUT2D eigenvalue weighted by Gasteiger charge is 2.32. The third kappa shape index (κ3) is 3.94. The molecule has 1 saturated heterocycles. The number of hydrogen-bond acceptors (Lipinski definition) is 4. The second-order valence-corrected chi connectivity index (χ2v) is 6.61. The Hall–Kier alpha value is -2.51. The van der Waals surface area contributed by atoms with Crippen molar-refractivity contribution in [2.45, 2.75) is 12.8 Å². The van der Waals surface area contributed by atoms with Crippen LogP contribution < -0.4 is 14.8 Å². The quantitative estimate of drug-likeness (QED) is 0.907. The number of rotatable bonds is 5. The normalized spacial score (nSPS) is 22.8. The summed E-state index contributed by atoms with van der Waals surface area (Å²) in [5.41, 5.74) is 1.90. The Morgan fingerprint density at radius 1 is 1.12 bits per heavy atom. The molecule has 0 aliphatic carbocycles. The van der Waals surface area contributed by atoms with Crippen molar-refractivity contribution >= 4 is 0 Å². The minimum Gasteiger partial charge on any atom is -0.497 e. The van der Waals surface area contributed by atoms with Crippen LogP contribution in [0.5, 0.6) is 11.5 Å². The van der Waals surface area contributed by atoms with Gasteiger partial charge in [0.15, 0.2) is 0 Å². The molecule has 2 aromatic rings. The number of methoxy groups -OCH3 is 1. The highest BCUT2D eigenvalue weighted by molar-refractivity contribution is 5.42. The summed E-state index contributed by atoms with van der Waals surface area (Å²) >= 11 is 0. The standard InChI is InChI=1S/C21H24N2O2/c1-15-12-23-13-18(14-25-20-6-4-3-5-17(20)11-22)21(15)16-7-9-19(24-2)10-8-16/h3-10,15,18,21,23H,12-14H2,1-2H3. The van der Waals surface area contributed by atoms with Crippen LogP contribution in [0.4, 0.5) is 0 Å². The van der Waals surface area contributed by atoms with Gasteiger partial charge in [-0.3, -0.25) is 0 Å². The smallest absolute Gasteiger partial charge is 0.137 e. The Kier molecular flexibility index (Phi) is 5.57. The van der Waals surface area contributed by atoms with Gasteiger partial charge in [-0.05, 0) is 48.2 Å². The van der Waals surface area contributed by atoms with Crippen LogP contribution in [0.25, 0.3) is 0 Å². The molecule has 3 atom stereocenters. The predicted octanol–water partition coefficient (Wildman–Crippen LogP) is 3.58. The first-order chi connectivity index (χ1) is 12.2. The maximum atomic E-state index is 9.22. The van der Waals surface area contributed by atoms with Gasteiger partial charge >= 0.3 is 0 Å². The Balaban J connectivity index is 1.76. The zero-order chi connectivity index (χ0) is 17.6. The number of piperidine rings is 1. The number of para-hydroxylation sites is 1. The van der Waals surface area contributed by atoms with Gasteiger partial charge in [0, 0.05) is 12.5 Å². The lowest BCUT2D eigenvalue weighted by molar-refractivity contribution is 0.166. The maximum absolute atomic E-state index is 9.22. The molecule has 1 heterocycles. The van der Waals surface area contributed by atoms with Crippen molar-refractivity contribution in [2.24, 2.45) is 11.8 Å². The molecule has 0 amide bonds. The maximum Gasteiger partial charge on any atom is 0.137 e. The van der Waals surface area contributed by atoms with E-state index in [1.165, 1.54) is 5.56 Å². The van der Waals surface area contributed by atoms with E-state index in [0.29, 0.717) is 35.7 Å². The highest BCUT2D eigenvalue weighted by Crippen LogP contribution is 2.35. The third-order valence-corrected chi connectivity index (χ3v) is 4.95. The van der Waals surface area contributed by atoms with Crippen molar-refractivity contribution in [3.8, 4) is 17.6 Å². The Labute approximate surface area is 149 Å². The van der Waals surface area contributed by atoms with E-state index in [0.717, 1.165) is 18.8 Å². The molecule has 0 aromatic heterocycles. The van der Waals surface area contributed by atoms with E-state index in [-0.39, 0.29) is 0 Å². The number of hydrogen-bond donors (Lipinski definition) is 1. The van der Waals surface area contributed by atoms with Crippen molar-refractivity contribution in [1.29, 1.82) is 5.26 Å². The molecule has 1 N–H and O–H groups in total. The number of nitrogens with one attached hydrogen (secondary N) is 1. The molecule has 1 aliphatic rings. The van der Waals surface area contributed by atoms with E-state index in [9.17, 15) is 5.26 Å². The van der Waals surface area contributed by atoms with Crippen LogP contribution >= 0.6 is 0 Å². The van der Waals surface area contributed by atoms with E-state index in [2.05, 4.69) is 30.4 Å². The molecule has 0 saturated carbocycles. The second kappa shape index (κ2) is 8.04. The van der Waals surface area contributed by atoms with Crippen molar-refractivity contribution < 1.29 is 9.47 Å². The topological polar surface area (TPSA) is 54.3 Å². The first-order valence-corrected chi connectivity index (χ1v) is 8.69. The summed E-state index contributed by atoms with van der Waals surface area (Å²) in [5, 5.41) is 12.7. The molecule has 4 nitrogen and oxygen atoms in total.